The molecule has 1 aliphatic rings. The Kier molecular flexibility index (Phi) is 2.97. The third-order valence-corrected chi connectivity index (χ3v) is 3.24. The molecule has 1 aromatic carbocycles. The van der Waals surface area contributed by atoms with Gasteiger partial charge in [0.15, 0.2) is 0 Å². The Morgan fingerprint density at radius 1 is 1.50 bits per heavy atom. The van der Waals surface area contributed by atoms with Gasteiger partial charge in [0, 0.05) is 0 Å². The molecule has 1 aliphatic carbocycles. The molecule has 2 rings (SSSR count). The van der Waals surface area contributed by atoms with Gasteiger partial charge in [-0.05, 0) is 17.9 Å². The van der Waals surface area contributed by atoms with Crippen LogP contribution in [0.5, 0.6) is 0 Å². The van der Waals surface area contributed by atoms with Gasteiger partial charge in [0.2, 0.25) is 0 Å². The highest BCUT2D eigenvalue weighted by Crippen LogP contribution is 2.44. The summed E-state index contributed by atoms with van der Waals surface area (Å²) in [4.78, 5) is 11.7. The average molecular weight is 219 g/mol. The zero-order valence-electron chi connectivity index (χ0n) is 9.48. The van der Waals surface area contributed by atoms with E-state index in [9.17, 15) is 4.79 Å². The van der Waals surface area contributed by atoms with E-state index in [1.807, 2.05) is 37.3 Å². The van der Waals surface area contributed by atoms with Crippen LogP contribution in [0.3, 0.4) is 0 Å². The molecule has 1 saturated carbocycles. The SMILES string of the molecule is CC[C@H]1C[C@@]1(N)C(=O)OCc1ccccc1. The van der Waals surface area contributed by atoms with Crippen molar-refractivity contribution in [2.75, 3.05) is 0 Å². The van der Waals surface area contributed by atoms with Crippen LogP contribution in [0.2, 0.25) is 0 Å². The van der Waals surface area contributed by atoms with Gasteiger partial charge < -0.3 is 10.5 Å². The number of ether oxygens (including phenoxy) is 1. The summed E-state index contributed by atoms with van der Waals surface area (Å²) in [5, 5.41) is 0. The number of hydrogen-bond donors (Lipinski definition) is 1. The highest BCUT2D eigenvalue weighted by Gasteiger charge is 2.57. The standard InChI is InChI=1S/C13H17NO2/c1-2-11-8-13(11,14)12(15)16-9-10-6-4-3-5-7-10/h3-7,11H,2,8-9,14H2,1H3/t11-,13-/m0/s1. The molecule has 0 unspecified atom stereocenters. The highest BCUT2D eigenvalue weighted by atomic mass is 16.5. The van der Waals surface area contributed by atoms with E-state index in [2.05, 4.69) is 0 Å². The van der Waals surface area contributed by atoms with E-state index in [0.29, 0.717) is 12.5 Å². The van der Waals surface area contributed by atoms with Gasteiger partial charge in [-0.25, -0.2) is 0 Å². The van der Waals surface area contributed by atoms with Gasteiger partial charge >= 0.3 is 5.97 Å². The van der Waals surface area contributed by atoms with Crippen LogP contribution in [0.25, 0.3) is 0 Å². The molecule has 3 nitrogen and oxygen atoms in total. The fourth-order valence-corrected chi connectivity index (χ4v) is 1.96. The molecule has 1 fully saturated rings. The predicted molar refractivity (Wildman–Crippen MR) is 61.6 cm³/mol. The number of benzene rings is 1. The van der Waals surface area contributed by atoms with Gasteiger partial charge in [-0.1, -0.05) is 43.7 Å². The first-order chi connectivity index (χ1) is 7.66. The highest BCUT2D eigenvalue weighted by molar-refractivity contribution is 5.84. The van der Waals surface area contributed by atoms with Crippen LogP contribution >= 0.6 is 0 Å². The van der Waals surface area contributed by atoms with Crippen LogP contribution < -0.4 is 5.73 Å². The molecular weight excluding hydrogens is 202 g/mol. The lowest BCUT2D eigenvalue weighted by molar-refractivity contribution is -0.148. The minimum atomic E-state index is -0.705. The molecule has 0 aromatic heterocycles. The predicted octanol–water partition coefficient (Wildman–Crippen LogP) is 1.86. The van der Waals surface area contributed by atoms with E-state index in [1.54, 1.807) is 0 Å². The van der Waals surface area contributed by atoms with Crippen molar-refractivity contribution in [2.45, 2.75) is 31.9 Å². The third kappa shape index (κ3) is 2.09. The minimum absolute atomic E-state index is 0.261. The number of nitrogens with two attached hydrogens (primary N) is 1. The number of carbonyl (C=O) groups excluding carboxylic acids is 1. The first kappa shape index (κ1) is 11.1. The largest absolute Gasteiger partial charge is 0.459 e. The summed E-state index contributed by atoms with van der Waals surface area (Å²) in [5.41, 5.74) is 6.22. The summed E-state index contributed by atoms with van der Waals surface area (Å²) in [5.74, 6) is 0.0407. The van der Waals surface area contributed by atoms with Crippen LogP contribution in [0, 0.1) is 5.92 Å². The van der Waals surface area contributed by atoms with Gasteiger partial charge in [-0.2, -0.15) is 0 Å². The Morgan fingerprint density at radius 3 is 2.75 bits per heavy atom. The average Bonchev–Trinajstić information content (AvgIpc) is 3.00. The molecule has 3 heteroatoms. The molecule has 0 aliphatic heterocycles. The fourth-order valence-electron chi connectivity index (χ4n) is 1.96. The summed E-state index contributed by atoms with van der Waals surface area (Å²) in [6.45, 7) is 2.36. The molecule has 2 atom stereocenters. The fraction of sp³-hybridized carbons (Fsp3) is 0.462. The zero-order valence-corrected chi connectivity index (χ0v) is 9.48. The Hall–Kier alpha value is -1.35. The van der Waals surface area contributed by atoms with E-state index < -0.39 is 5.54 Å². The Balaban J connectivity index is 1.86. The zero-order chi connectivity index (χ0) is 11.6. The molecule has 0 amide bonds. The molecule has 0 spiro atoms. The van der Waals surface area contributed by atoms with Crippen molar-refractivity contribution in [2.24, 2.45) is 11.7 Å². The summed E-state index contributed by atoms with van der Waals surface area (Å²) >= 11 is 0. The van der Waals surface area contributed by atoms with Crippen LogP contribution in [0.15, 0.2) is 30.3 Å². The molecule has 2 N–H and O–H groups in total. The van der Waals surface area contributed by atoms with Gasteiger partial charge in [0.25, 0.3) is 0 Å². The molecule has 0 heterocycles. The van der Waals surface area contributed by atoms with Crippen molar-refractivity contribution in [1.29, 1.82) is 0 Å². The van der Waals surface area contributed by atoms with E-state index in [0.717, 1.165) is 18.4 Å². The topological polar surface area (TPSA) is 52.3 Å². The second-order valence-electron chi connectivity index (χ2n) is 4.41. The molecular formula is C13H17NO2. The van der Waals surface area contributed by atoms with Crippen LogP contribution in [0.1, 0.15) is 25.3 Å². The summed E-state index contributed by atoms with van der Waals surface area (Å²) in [6, 6.07) is 9.64. The van der Waals surface area contributed by atoms with Gasteiger partial charge in [-0.15, -0.1) is 0 Å². The first-order valence-electron chi connectivity index (χ1n) is 5.67. The number of carbonyl (C=O) groups is 1. The third-order valence-electron chi connectivity index (χ3n) is 3.24. The van der Waals surface area contributed by atoms with Crippen LogP contribution in [-0.4, -0.2) is 11.5 Å². The van der Waals surface area contributed by atoms with Gasteiger partial charge in [0.05, 0.1) is 0 Å². The molecule has 0 saturated heterocycles. The van der Waals surface area contributed by atoms with Crippen molar-refractivity contribution >= 4 is 5.97 Å². The van der Waals surface area contributed by atoms with Crippen LogP contribution in [-0.2, 0) is 16.1 Å². The molecule has 0 radical (unpaired) electrons. The van der Waals surface area contributed by atoms with Crippen molar-refractivity contribution in [3.05, 3.63) is 35.9 Å². The maximum absolute atomic E-state index is 11.7. The number of rotatable bonds is 4. The summed E-state index contributed by atoms with van der Waals surface area (Å²) in [7, 11) is 0. The van der Waals surface area contributed by atoms with Gasteiger partial charge in [0.1, 0.15) is 12.1 Å². The second kappa shape index (κ2) is 4.26. The lowest BCUT2D eigenvalue weighted by Gasteiger charge is -2.10. The summed E-state index contributed by atoms with van der Waals surface area (Å²) < 4.78 is 5.22. The van der Waals surface area contributed by atoms with E-state index in [1.165, 1.54) is 0 Å². The molecule has 1 aromatic rings. The van der Waals surface area contributed by atoms with E-state index in [-0.39, 0.29) is 5.97 Å². The minimum Gasteiger partial charge on any atom is -0.459 e. The van der Waals surface area contributed by atoms with Crippen molar-refractivity contribution in [3.8, 4) is 0 Å². The quantitative estimate of drug-likeness (QED) is 0.786. The summed E-state index contributed by atoms with van der Waals surface area (Å²) in [6.07, 6.45) is 1.70. The Labute approximate surface area is 95.6 Å². The molecule has 86 valence electrons. The van der Waals surface area contributed by atoms with E-state index in [4.69, 9.17) is 10.5 Å². The number of hydrogen-bond acceptors (Lipinski definition) is 3. The monoisotopic (exact) mass is 219 g/mol. The van der Waals surface area contributed by atoms with Gasteiger partial charge in [-0.3, -0.25) is 4.79 Å². The first-order valence-corrected chi connectivity index (χ1v) is 5.67. The normalized spacial score (nSPS) is 27.5. The molecule has 16 heavy (non-hydrogen) atoms. The van der Waals surface area contributed by atoms with E-state index >= 15 is 0 Å². The molecule has 0 bridgehead atoms. The van der Waals surface area contributed by atoms with Crippen LogP contribution in [0.4, 0.5) is 0 Å². The maximum Gasteiger partial charge on any atom is 0.326 e. The lowest BCUT2D eigenvalue weighted by Crippen LogP contribution is -2.36. The van der Waals surface area contributed by atoms with Crippen molar-refractivity contribution in [1.82, 2.24) is 0 Å². The van der Waals surface area contributed by atoms with Crippen molar-refractivity contribution < 1.29 is 9.53 Å². The lowest BCUT2D eigenvalue weighted by atomic mass is 10.2. The number of esters is 1. The smallest absolute Gasteiger partial charge is 0.326 e. The Morgan fingerprint density at radius 2 is 2.19 bits per heavy atom. The Bertz CT molecular complexity index is 377. The maximum atomic E-state index is 11.7. The van der Waals surface area contributed by atoms with Crippen molar-refractivity contribution in [3.63, 3.8) is 0 Å². The second-order valence-corrected chi connectivity index (χ2v) is 4.41.